The van der Waals surface area contributed by atoms with E-state index in [1.165, 1.54) is 21.5 Å². The summed E-state index contributed by atoms with van der Waals surface area (Å²) >= 11 is 0. The average Bonchev–Trinajstić information content (AvgIpc) is 2.94. The Hall–Kier alpha value is -2.89. The second kappa shape index (κ2) is 6.93. The summed E-state index contributed by atoms with van der Waals surface area (Å²) in [4.78, 5) is 15.4. The van der Waals surface area contributed by atoms with E-state index in [-0.39, 0.29) is 5.91 Å². The first-order chi connectivity index (χ1) is 12.0. The third-order valence-electron chi connectivity index (χ3n) is 4.34. The Morgan fingerprint density at radius 1 is 1.08 bits per heavy atom. The highest BCUT2D eigenvalue weighted by Crippen LogP contribution is 2.19. The fraction of sp³-hybridized carbons (Fsp3) is 0.316. The van der Waals surface area contributed by atoms with E-state index in [2.05, 4.69) is 52.0 Å². The van der Waals surface area contributed by atoms with Crippen molar-refractivity contribution in [2.75, 3.05) is 32.6 Å². The molecule has 0 radical (unpaired) electrons. The molecule has 3 rings (SSSR count). The fourth-order valence-electron chi connectivity index (χ4n) is 2.88. The van der Waals surface area contributed by atoms with Crippen molar-refractivity contribution in [1.29, 1.82) is 0 Å². The summed E-state index contributed by atoms with van der Waals surface area (Å²) in [7, 11) is 5.39. The molecule has 0 aliphatic carbocycles. The largest absolute Gasteiger partial charge is 0.356 e. The zero-order valence-electron chi connectivity index (χ0n) is 15.1. The van der Waals surface area contributed by atoms with Crippen LogP contribution in [0.2, 0.25) is 0 Å². The summed E-state index contributed by atoms with van der Waals surface area (Å²) in [5, 5.41) is 9.49. The van der Waals surface area contributed by atoms with Crippen molar-refractivity contribution >= 4 is 22.6 Å². The van der Waals surface area contributed by atoms with Gasteiger partial charge in [-0.15, -0.1) is 10.2 Å². The van der Waals surface area contributed by atoms with Crippen LogP contribution in [0.25, 0.3) is 10.9 Å². The van der Waals surface area contributed by atoms with Gasteiger partial charge in [-0.2, -0.15) is 0 Å². The monoisotopic (exact) mass is 337 g/mol. The summed E-state index contributed by atoms with van der Waals surface area (Å²) in [6.07, 6.45) is 0. The predicted molar refractivity (Wildman–Crippen MR) is 100.0 cm³/mol. The normalized spacial score (nSPS) is 10.9. The number of para-hydroxylation sites is 1. The van der Waals surface area contributed by atoms with Crippen LogP contribution < -0.4 is 4.90 Å². The molecule has 0 aliphatic rings. The van der Waals surface area contributed by atoms with Gasteiger partial charge in [0.25, 0.3) is 5.91 Å². The maximum atomic E-state index is 11.9. The van der Waals surface area contributed by atoms with Crippen LogP contribution in [-0.2, 0) is 6.54 Å². The zero-order chi connectivity index (χ0) is 18.0. The Morgan fingerprint density at radius 2 is 1.84 bits per heavy atom. The van der Waals surface area contributed by atoms with Crippen molar-refractivity contribution in [2.24, 2.45) is 0 Å². The molecule has 130 valence electrons. The molecule has 0 atom stereocenters. The first kappa shape index (κ1) is 17.0. The number of nitrogens with zero attached hydrogens (tertiary/aromatic N) is 5. The fourth-order valence-corrected chi connectivity index (χ4v) is 2.88. The molecule has 0 fully saturated rings. The number of hydrogen-bond donors (Lipinski definition) is 0. The molecule has 1 amide bonds. The van der Waals surface area contributed by atoms with Crippen molar-refractivity contribution in [1.82, 2.24) is 19.7 Å². The minimum absolute atomic E-state index is 0.142. The topological polar surface area (TPSA) is 54.3 Å². The van der Waals surface area contributed by atoms with Crippen LogP contribution in [0.4, 0.5) is 5.82 Å². The molecular weight excluding hydrogens is 314 g/mol. The van der Waals surface area contributed by atoms with Gasteiger partial charge < -0.3 is 14.4 Å². The minimum atomic E-state index is -0.142. The third-order valence-corrected chi connectivity index (χ3v) is 4.34. The van der Waals surface area contributed by atoms with Crippen LogP contribution in [0.15, 0.2) is 42.5 Å². The minimum Gasteiger partial charge on any atom is -0.356 e. The number of aromatic nitrogens is 3. The molecule has 2 heterocycles. The number of carbonyl (C=O) groups excluding carboxylic acids is 1. The Labute approximate surface area is 147 Å². The molecule has 0 N–H and O–H groups in total. The standard InChI is InChI=1S/C19H23N5O/c1-14-13-15-7-5-6-8-17(15)24(14)12-11-23(4)18-10-9-16(20-21-18)19(25)22(2)3/h5-10,13H,11-12H2,1-4H3. The Balaban J connectivity index is 1.71. The van der Waals surface area contributed by atoms with Crippen LogP contribution in [0, 0.1) is 6.92 Å². The highest BCUT2D eigenvalue weighted by molar-refractivity contribution is 5.91. The molecule has 6 nitrogen and oxygen atoms in total. The second-order valence-corrected chi connectivity index (χ2v) is 6.39. The van der Waals surface area contributed by atoms with Gasteiger partial charge in [-0.25, -0.2) is 0 Å². The van der Waals surface area contributed by atoms with Crippen LogP contribution in [0.1, 0.15) is 16.2 Å². The van der Waals surface area contributed by atoms with Crippen molar-refractivity contribution in [3.05, 3.63) is 53.9 Å². The van der Waals surface area contributed by atoms with Crippen LogP contribution in [0.5, 0.6) is 0 Å². The highest BCUT2D eigenvalue weighted by Gasteiger charge is 2.12. The summed E-state index contributed by atoms with van der Waals surface area (Å²) in [5.74, 6) is 0.612. The number of hydrogen-bond acceptors (Lipinski definition) is 4. The SMILES string of the molecule is Cc1cc2ccccc2n1CCN(C)c1ccc(C(=O)N(C)C)nn1. The van der Waals surface area contributed by atoms with E-state index in [1.807, 2.05) is 18.0 Å². The van der Waals surface area contributed by atoms with E-state index in [9.17, 15) is 4.79 Å². The lowest BCUT2D eigenvalue weighted by atomic mass is 10.2. The van der Waals surface area contributed by atoms with Gasteiger partial charge in [0.1, 0.15) is 0 Å². The summed E-state index contributed by atoms with van der Waals surface area (Å²) < 4.78 is 2.31. The predicted octanol–water partition coefficient (Wildman–Crippen LogP) is 2.58. The average molecular weight is 337 g/mol. The van der Waals surface area contributed by atoms with Gasteiger partial charge in [-0.05, 0) is 36.6 Å². The van der Waals surface area contributed by atoms with E-state index in [0.29, 0.717) is 5.69 Å². The molecule has 0 saturated carbocycles. The molecule has 0 aliphatic heterocycles. The van der Waals surface area contributed by atoms with Crippen LogP contribution >= 0.6 is 0 Å². The number of likely N-dealkylation sites (N-methyl/N-ethyl adjacent to an activating group) is 1. The molecule has 25 heavy (non-hydrogen) atoms. The lowest BCUT2D eigenvalue weighted by Gasteiger charge is -2.19. The number of rotatable bonds is 5. The maximum absolute atomic E-state index is 11.9. The number of fused-ring (bicyclic) bond motifs is 1. The molecule has 0 spiro atoms. The lowest BCUT2D eigenvalue weighted by Crippen LogP contribution is -2.26. The third kappa shape index (κ3) is 3.47. The van der Waals surface area contributed by atoms with Crippen LogP contribution in [0.3, 0.4) is 0 Å². The first-order valence-corrected chi connectivity index (χ1v) is 8.29. The summed E-state index contributed by atoms with van der Waals surface area (Å²) in [6, 6.07) is 14.2. The quantitative estimate of drug-likeness (QED) is 0.718. The molecule has 0 bridgehead atoms. The first-order valence-electron chi connectivity index (χ1n) is 8.29. The molecule has 2 aromatic heterocycles. The highest BCUT2D eigenvalue weighted by atomic mass is 16.2. The van der Waals surface area contributed by atoms with Gasteiger partial charge in [-0.1, -0.05) is 18.2 Å². The molecular formula is C19H23N5O. The van der Waals surface area contributed by atoms with E-state index < -0.39 is 0 Å². The van der Waals surface area contributed by atoms with Gasteiger partial charge in [0.2, 0.25) is 0 Å². The van der Waals surface area contributed by atoms with Gasteiger partial charge in [0.05, 0.1) is 0 Å². The summed E-state index contributed by atoms with van der Waals surface area (Å²) in [5.41, 5.74) is 2.84. The molecule has 1 aromatic carbocycles. The van der Waals surface area contributed by atoms with E-state index in [4.69, 9.17) is 0 Å². The molecule has 6 heteroatoms. The van der Waals surface area contributed by atoms with Gasteiger partial charge in [0, 0.05) is 45.4 Å². The summed E-state index contributed by atoms with van der Waals surface area (Å²) in [6.45, 7) is 3.78. The van der Waals surface area contributed by atoms with Gasteiger partial charge >= 0.3 is 0 Å². The van der Waals surface area contributed by atoms with Crippen LogP contribution in [-0.4, -0.2) is 53.3 Å². The molecule has 0 unspecified atom stereocenters. The lowest BCUT2D eigenvalue weighted by molar-refractivity contribution is 0.0821. The number of amides is 1. The van der Waals surface area contributed by atoms with E-state index in [0.717, 1.165) is 18.9 Å². The van der Waals surface area contributed by atoms with Gasteiger partial charge in [0.15, 0.2) is 11.5 Å². The van der Waals surface area contributed by atoms with Crippen molar-refractivity contribution < 1.29 is 4.79 Å². The van der Waals surface area contributed by atoms with Gasteiger partial charge in [-0.3, -0.25) is 4.79 Å². The number of carbonyl (C=O) groups is 1. The Bertz CT molecular complexity index is 882. The Kier molecular flexibility index (Phi) is 4.70. The number of anilines is 1. The van der Waals surface area contributed by atoms with Crippen molar-refractivity contribution in [2.45, 2.75) is 13.5 Å². The number of benzene rings is 1. The Morgan fingerprint density at radius 3 is 2.52 bits per heavy atom. The van der Waals surface area contributed by atoms with Crippen molar-refractivity contribution in [3.63, 3.8) is 0 Å². The maximum Gasteiger partial charge on any atom is 0.273 e. The molecule has 3 aromatic rings. The second-order valence-electron chi connectivity index (χ2n) is 6.39. The van der Waals surface area contributed by atoms with Crippen molar-refractivity contribution in [3.8, 4) is 0 Å². The van der Waals surface area contributed by atoms with E-state index in [1.54, 1.807) is 20.2 Å². The molecule has 0 saturated heterocycles. The zero-order valence-corrected chi connectivity index (χ0v) is 15.1. The van der Waals surface area contributed by atoms with E-state index >= 15 is 0 Å². The smallest absolute Gasteiger partial charge is 0.273 e. The number of aryl methyl sites for hydroxylation is 1.